The van der Waals surface area contributed by atoms with Crippen LogP contribution in [-0.2, 0) is 6.54 Å². The van der Waals surface area contributed by atoms with E-state index in [1.54, 1.807) is 0 Å². The van der Waals surface area contributed by atoms with Crippen LogP contribution >= 0.6 is 0 Å². The Morgan fingerprint density at radius 1 is 0.897 bits per heavy atom. The fraction of sp³-hybridized carbons (Fsp3) is 0.538. The Labute approximate surface area is 176 Å². The summed E-state index contributed by atoms with van der Waals surface area (Å²) in [6.07, 6.45) is 18.5. The highest BCUT2D eigenvalue weighted by molar-refractivity contribution is 6.03. The number of fused-ring (bicyclic) bond motifs is 1. The van der Waals surface area contributed by atoms with Crippen LogP contribution in [-0.4, -0.2) is 5.78 Å². The SMILES string of the molecule is CCCCCCCCCCCC[n+]1cccc(C2CC(=O)c3ccccc3N2)c1. The second-order valence-electron chi connectivity index (χ2n) is 8.43. The van der Waals surface area contributed by atoms with E-state index in [9.17, 15) is 4.79 Å². The van der Waals surface area contributed by atoms with Gasteiger partial charge >= 0.3 is 0 Å². The third-order valence-electron chi connectivity index (χ3n) is 6.00. The summed E-state index contributed by atoms with van der Waals surface area (Å²) in [6, 6.07) is 12.1. The predicted octanol–water partition coefficient (Wildman–Crippen LogP) is 6.63. The van der Waals surface area contributed by atoms with Gasteiger partial charge in [0.2, 0.25) is 0 Å². The minimum Gasteiger partial charge on any atom is -0.377 e. The lowest BCUT2D eigenvalue weighted by Crippen LogP contribution is -2.34. The lowest BCUT2D eigenvalue weighted by atomic mass is 9.93. The monoisotopic (exact) mass is 393 g/mol. The Morgan fingerprint density at radius 3 is 2.34 bits per heavy atom. The Balaban J connectivity index is 1.40. The number of pyridine rings is 1. The number of Topliss-reactive ketones (excluding diaryl/α,β-unsaturated/α-hetero) is 1. The minimum atomic E-state index is 0.0672. The van der Waals surface area contributed by atoms with Crippen LogP contribution < -0.4 is 9.88 Å². The highest BCUT2D eigenvalue weighted by atomic mass is 16.1. The number of aromatic nitrogens is 1. The molecular weight excluding hydrogens is 356 g/mol. The summed E-state index contributed by atoms with van der Waals surface area (Å²) in [5.41, 5.74) is 2.97. The van der Waals surface area contributed by atoms with Gasteiger partial charge in [0.1, 0.15) is 6.54 Å². The van der Waals surface area contributed by atoms with Gasteiger partial charge in [0.05, 0.1) is 6.04 Å². The van der Waals surface area contributed by atoms with E-state index < -0.39 is 0 Å². The molecular formula is C26H37N2O+. The third kappa shape index (κ3) is 6.69. The average molecular weight is 394 g/mol. The number of anilines is 1. The van der Waals surface area contributed by atoms with Crippen molar-refractivity contribution in [3.63, 3.8) is 0 Å². The Hall–Kier alpha value is -2.16. The molecule has 2 aromatic rings. The Morgan fingerprint density at radius 2 is 1.59 bits per heavy atom. The Bertz CT molecular complexity index is 771. The minimum absolute atomic E-state index is 0.0672. The summed E-state index contributed by atoms with van der Waals surface area (Å²) in [5, 5.41) is 3.55. The van der Waals surface area contributed by atoms with Crippen LogP contribution in [0.2, 0.25) is 0 Å². The van der Waals surface area contributed by atoms with Crippen LogP contribution in [0.3, 0.4) is 0 Å². The molecule has 0 spiro atoms. The maximum absolute atomic E-state index is 12.5. The van der Waals surface area contributed by atoms with E-state index in [1.165, 1.54) is 69.8 Å². The number of para-hydroxylation sites is 1. The van der Waals surface area contributed by atoms with E-state index >= 15 is 0 Å². The van der Waals surface area contributed by atoms with Crippen LogP contribution in [0.15, 0.2) is 48.8 Å². The second-order valence-corrected chi connectivity index (χ2v) is 8.43. The van der Waals surface area contributed by atoms with Gasteiger partial charge in [0.25, 0.3) is 0 Å². The topological polar surface area (TPSA) is 33.0 Å². The van der Waals surface area contributed by atoms with E-state index in [0.29, 0.717) is 6.42 Å². The predicted molar refractivity (Wildman–Crippen MR) is 120 cm³/mol. The molecule has 0 saturated heterocycles. The molecule has 1 aromatic carbocycles. The fourth-order valence-corrected chi connectivity index (χ4v) is 4.26. The van der Waals surface area contributed by atoms with Gasteiger partial charge in [0.15, 0.2) is 18.2 Å². The van der Waals surface area contributed by atoms with E-state index in [1.807, 2.05) is 24.3 Å². The highest BCUT2D eigenvalue weighted by Crippen LogP contribution is 2.31. The molecule has 3 heteroatoms. The van der Waals surface area contributed by atoms with Crippen molar-refractivity contribution in [2.75, 3.05) is 5.32 Å². The first-order valence-electron chi connectivity index (χ1n) is 11.7. The molecule has 1 N–H and O–H groups in total. The molecule has 1 aromatic heterocycles. The normalized spacial score (nSPS) is 15.8. The number of hydrogen-bond donors (Lipinski definition) is 1. The lowest BCUT2D eigenvalue weighted by molar-refractivity contribution is -0.697. The summed E-state index contributed by atoms with van der Waals surface area (Å²) in [7, 11) is 0. The molecule has 29 heavy (non-hydrogen) atoms. The van der Waals surface area contributed by atoms with Gasteiger partial charge < -0.3 is 5.32 Å². The molecule has 1 atom stereocenters. The summed E-state index contributed by atoms with van der Waals surface area (Å²) in [5.74, 6) is 0.231. The first kappa shape index (κ1) is 21.5. The number of hydrogen-bond acceptors (Lipinski definition) is 2. The van der Waals surface area contributed by atoms with Gasteiger partial charge in [-0.05, 0) is 24.6 Å². The molecule has 1 aliphatic heterocycles. The van der Waals surface area contributed by atoms with Crippen LogP contribution in [0, 0.1) is 0 Å². The maximum Gasteiger partial charge on any atom is 0.174 e. The molecule has 0 fully saturated rings. The van der Waals surface area contributed by atoms with Gasteiger partial charge in [0, 0.05) is 35.7 Å². The van der Waals surface area contributed by atoms with E-state index in [0.717, 1.165) is 17.8 Å². The number of nitrogens with zero attached hydrogens (tertiary/aromatic N) is 1. The smallest absolute Gasteiger partial charge is 0.174 e. The summed E-state index contributed by atoms with van der Waals surface area (Å²) >= 11 is 0. The average Bonchev–Trinajstić information content (AvgIpc) is 2.75. The maximum atomic E-state index is 12.5. The molecule has 3 nitrogen and oxygen atoms in total. The molecule has 0 bridgehead atoms. The van der Waals surface area contributed by atoms with E-state index in [-0.39, 0.29) is 11.8 Å². The summed E-state index contributed by atoms with van der Waals surface area (Å²) < 4.78 is 2.28. The summed E-state index contributed by atoms with van der Waals surface area (Å²) in [6.45, 7) is 3.33. The zero-order chi connectivity index (χ0) is 20.3. The number of nitrogens with one attached hydrogen (secondary N) is 1. The summed E-state index contributed by atoms with van der Waals surface area (Å²) in [4.78, 5) is 12.5. The van der Waals surface area contributed by atoms with Gasteiger partial charge in [-0.2, -0.15) is 0 Å². The van der Waals surface area contributed by atoms with Gasteiger partial charge in [-0.3, -0.25) is 4.79 Å². The van der Waals surface area contributed by atoms with E-state index in [4.69, 9.17) is 0 Å². The number of ketones is 1. The van der Waals surface area contributed by atoms with Crippen molar-refractivity contribution in [2.45, 2.75) is 90.1 Å². The number of rotatable bonds is 12. The number of carbonyl (C=O) groups is 1. The number of aryl methyl sites for hydroxylation is 1. The molecule has 1 aliphatic rings. The molecule has 3 rings (SSSR count). The first-order chi connectivity index (χ1) is 14.3. The largest absolute Gasteiger partial charge is 0.377 e. The van der Waals surface area contributed by atoms with Crippen molar-refractivity contribution in [3.8, 4) is 0 Å². The molecule has 0 aliphatic carbocycles. The molecule has 1 unspecified atom stereocenters. The molecule has 0 radical (unpaired) electrons. The van der Waals surface area contributed by atoms with Crippen LogP contribution in [0.4, 0.5) is 5.69 Å². The van der Waals surface area contributed by atoms with Crippen LogP contribution in [0.1, 0.15) is 99.5 Å². The van der Waals surface area contributed by atoms with Crippen molar-refractivity contribution in [1.29, 1.82) is 0 Å². The fourth-order valence-electron chi connectivity index (χ4n) is 4.26. The van der Waals surface area contributed by atoms with Crippen molar-refractivity contribution >= 4 is 11.5 Å². The van der Waals surface area contributed by atoms with Crippen LogP contribution in [0.25, 0.3) is 0 Å². The molecule has 0 saturated carbocycles. The highest BCUT2D eigenvalue weighted by Gasteiger charge is 2.26. The number of carbonyl (C=O) groups excluding carboxylic acids is 1. The molecule has 2 heterocycles. The second kappa shape index (κ2) is 11.7. The van der Waals surface area contributed by atoms with Crippen molar-refractivity contribution in [3.05, 3.63) is 59.9 Å². The zero-order valence-electron chi connectivity index (χ0n) is 18.0. The van der Waals surface area contributed by atoms with Crippen molar-refractivity contribution in [1.82, 2.24) is 0 Å². The number of unbranched alkanes of at least 4 members (excludes halogenated alkanes) is 9. The van der Waals surface area contributed by atoms with Gasteiger partial charge in [-0.15, -0.1) is 0 Å². The van der Waals surface area contributed by atoms with Gasteiger partial charge in [-0.25, -0.2) is 4.57 Å². The standard InChI is InChI=1S/C26H36N2O/c1-2-3-4-5-6-7-8-9-10-13-18-28-19-14-15-22(21-28)25-20-26(29)23-16-11-12-17-24(23)27-25/h11-12,14-17,19,21,25H,2-10,13,18,20H2,1H3/p+1. The van der Waals surface area contributed by atoms with E-state index in [2.05, 4.69) is 41.3 Å². The van der Waals surface area contributed by atoms with Crippen LogP contribution in [0.5, 0.6) is 0 Å². The number of benzene rings is 1. The van der Waals surface area contributed by atoms with Gasteiger partial charge in [-0.1, -0.05) is 70.4 Å². The van der Waals surface area contributed by atoms with Crippen molar-refractivity contribution < 1.29 is 9.36 Å². The third-order valence-corrected chi connectivity index (χ3v) is 6.00. The Kier molecular flexibility index (Phi) is 8.73. The molecule has 0 amide bonds. The first-order valence-corrected chi connectivity index (χ1v) is 11.7. The quantitative estimate of drug-likeness (QED) is 0.324. The zero-order valence-corrected chi connectivity index (χ0v) is 18.0. The van der Waals surface area contributed by atoms with Crippen molar-refractivity contribution in [2.24, 2.45) is 0 Å². The lowest BCUT2D eigenvalue weighted by Gasteiger charge is -2.25. The molecule has 156 valence electrons.